The maximum absolute atomic E-state index is 11.6. The van der Waals surface area contributed by atoms with Crippen LogP contribution in [0.25, 0.3) is 0 Å². The van der Waals surface area contributed by atoms with Gasteiger partial charge in [0, 0.05) is 13.5 Å². The van der Waals surface area contributed by atoms with Crippen LogP contribution in [0.15, 0.2) is 0 Å². The standard InChI is InChI=1S/C13H20O7/c1-9(20-13(16)10(2)18-4)11(14)5-6-12(15)19-8-7-17-3/h4,9-10H,5-8H2,1-3H3. The predicted octanol–water partition coefficient (Wildman–Crippen LogP) is 0.531. The number of hydrogen-bond donors (Lipinski definition) is 0. The largest absolute Gasteiger partial charge is 0.463 e. The molecule has 2 atom stereocenters. The first-order valence-corrected chi connectivity index (χ1v) is 6.15. The van der Waals surface area contributed by atoms with Crippen molar-refractivity contribution >= 4 is 17.7 Å². The summed E-state index contributed by atoms with van der Waals surface area (Å²) in [7, 11) is 6.31. The van der Waals surface area contributed by atoms with E-state index in [1.54, 1.807) is 0 Å². The fourth-order valence-corrected chi connectivity index (χ4v) is 1.13. The quantitative estimate of drug-likeness (QED) is 0.428. The minimum Gasteiger partial charge on any atom is -0.463 e. The van der Waals surface area contributed by atoms with Crippen LogP contribution in [-0.4, -0.2) is 50.3 Å². The van der Waals surface area contributed by atoms with Crippen LogP contribution >= 0.6 is 0 Å². The summed E-state index contributed by atoms with van der Waals surface area (Å²) in [6, 6.07) is 0. The van der Waals surface area contributed by atoms with Gasteiger partial charge in [0.05, 0.1) is 13.0 Å². The number of esters is 2. The molecule has 2 unspecified atom stereocenters. The number of carbonyl (C=O) groups is 3. The fraction of sp³-hybridized carbons (Fsp3) is 0.692. The van der Waals surface area contributed by atoms with E-state index in [1.165, 1.54) is 21.0 Å². The summed E-state index contributed by atoms with van der Waals surface area (Å²) in [5.41, 5.74) is 0. The molecule has 0 aromatic rings. The van der Waals surface area contributed by atoms with Crippen molar-refractivity contribution in [1.82, 2.24) is 0 Å². The average Bonchev–Trinajstić information content (AvgIpc) is 2.43. The topological polar surface area (TPSA) is 88.1 Å². The van der Waals surface area contributed by atoms with Gasteiger partial charge in [-0.25, -0.2) is 4.79 Å². The normalized spacial score (nSPS) is 13.4. The van der Waals surface area contributed by atoms with Gasteiger partial charge in [0.15, 0.2) is 18.0 Å². The summed E-state index contributed by atoms with van der Waals surface area (Å²) >= 11 is 0. The molecular weight excluding hydrogens is 268 g/mol. The lowest BCUT2D eigenvalue weighted by Crippen LogP contribution is -2.30. The first kappa shape index (κ1) is 18.5. The lowest BCUT2D eigenvalue weighted by Gasteiger charge is -2.14. The SMILES string of the molecule is [CH]OC(C)C(=O)OC(C)C(=O)CCC(=O)OCCOC. The Bertz CT molecular complexity index is 327. The van der Waals surface area contributed by atoms with E-state index >= 15 is 0 Å². The van der Waals surface area contributed by atoms with Crippen LogP contribution in [0.5, 0.6) is 0 Å². The molecule has 0 aromatic carbocycles. The summed E-state index contributed by atoms with van der Waals surface area (Å²) in [6.45, 7) is 3.25. The first-order chi connectivity index (χ1) is 9.42. The zero-order valence-electron chi connectivity index (χ0n) is 11.9. The number of ether oxygens (including phenoxy) is 4. The van der Waals surface area contributed by atoms with E-state index in [1.807, 2.05) is 0 Å². The molecule has 2 radical (unpaired) electrons. The third-order valence-corrected chi connectivity index (χ3v) is 2.41. The molecule has 0 aromatic heterocycles. The van der Waals surface area contributed by atoms with Crippen molar-refractivity contribution in [1.29, 1.82) is 0 Å². The van der Waals surface area contributed by atoms with Crippen LogP contribution in [0.2, 0.25) is 0 Å². The van der Waals surface area contributed by atoms with Crippen molar-refractivity contribution in [3.8, 4) is 0 Å². The zero-order chi connectivity index (χ0) is 15.5. The highest BCUT2D eigenvalue weighted by molar-refractivity contribution is 5.88. The molecule has 0 saturated carbocycles. The second-order valence-electron chi connectivity index (χ2n) is 4.04. The van der Waals surface area contributed by atoms with E-state index in [4.69, 9.17) is 21.3 Å². The van der Waals surface area contributed by atoms with Crippen molar-refractivity contribution in [2.24, 2.45) is 0 Å². The molecule has 0 saturated heterocycles. The number of carbonyl (C=O) groups excluding carboxylic acids is 3. The molecule has 0 bridgehead atoms. The molecule has 7 nitrogen and oxygen atoms in total. The van der Waals surface area contributed by atoms with Crippen molar-refractivity contribution < 1.29 is 33.3 Å². The smallest absolute Gasteiger partial charge is 0.335 e. The number of hydrogen-bond acceptors (Lipinski definition) is 7. The number of methoxy groups -OCH3 is 1. The Kier molecular flexibility index (Phi) is 9.57. The van der Waals surface area contributed by atoms with E-state index in [2.05, 4.69) is 4.74 Å². The van der Waals surface area contributed by atoms with Gasteiger partial charge in [0.1, 0.15) is 13.7 Å². The monoisotopic (exact) mass is 288 g/mol. The highest BCUT2D eigenvalue weighted by Crippen LogP contribution is 2.04. The Balaban J connectivity index is 3.96. The van der Waals surface area contributed by atoms with Crippen LogP contribution in [0, 0.1) is 7.11 Å². The van der Waals surface area contributed by atoms with Gasteiger partial charge in [-0.2, -0.15) is 0 Å². The summed E-state index contributed by atoms with van der Waals surface area (Å²) in [4.78, 5) is 34.2. The Hall–Kier alpha value is -1.47. The fourth-order valence-electron chi connectivity index (χ4n) is 1.13. The van der Waals surface area contributed by atoms with Crippen LogP contribution < -0.4 is 0 Å². The lowest BCUT2D eigenvalue weighted by atomic mass is 10.1. The zero-order valence-corrected chi connectivity index (χ0v) is 11.9. The minimum atomic E-state index is -0.966. The molecule has 0 N–H and O–H groups in total. The Morgan fingerprint density at radius 3 is 2.25 bits per heavy atom. The molecule has 0 rings (SSSR count). The highest BCUT2D eigenvalue weighted by atomic mass is 16.6. The third-order valence-electron chi connectivity index (χ3n) is 2.41. The second-order valence-corrected chi connectivity index (χ2v) is 4.04. The van der Waals surface area contributed by atoms with Gasteiger partial charge < -0.3 is 18.9 Å². The molecule has 0 spiro atoms. The molecule has 0 fully saturated rings. The first-order valence-electron chi connectivity index (χ1n) is 6.15. The second kappa shape index (κ2) is 10.3. The van der Waals surface area contributed by atoms with Crippen LogP contribution in [0.4, 0.5) is 0 Å². The molecular formula is C13H20O7. The van der Waals surface area contributed by atoms with Gasteiger partial charge >= 0.3 is 11.9 Å². The number of ketones is 1. The van der Waals surface area contributed by atoms with Gasteiger partial charge in [-0.15, -0.1) is 0 Å². The van der Waals surface area contributed by atoms with E-state index in [-0.39, 0.29) is 25.2 Å². The van der Waals surface area contributed by atoms with E-state index in [9.17, 15) is 14.4 Å². The summed E-state index contributed by atoms with van der Waals surface area (Å²) in [5, 5.41) is 0. The van der Waals surface area contributed by atoms with E-state index in [0.29, 0.717) is 6.61 Å². The van der Waals surface area contributed by atoms with Gasteiger partial charge in [-0.3, -0.25) is 9.59 Å². The van der Waals surface area contributed by atoms with Gasteiger partial charge in [0.2, 0.25) is 0 Å². The summed E-state index contributed by atoms with van der Waals surface area (Å²) < 4.78 is 18.6. The predicted molar refractivity (Wildman–Crippen MR) is 67.5 cm³/mol. The average molecular weight is 288 g/mol. The maximum Gasteiger partial charge on any atom is 0.335 e. The third kappa shape index (κ3) is 7.85. The van der Waals surface area contributed by atoms with Gasteiger partial charge in [-0.05, 0) is 13.8 Å². The molecule has 0 aliphatic heterocycles. The summed E-state index contributed by atoms with van der Waals surface area (Å²) in [5.74, 6) is -1.63. The van der Waals surface area contributed by atoms with Crippen molar-refractivity contribution in [3.63, 3.8) is 0 Å². The number of rotatable bonds is 10. The highest BCUT2D eigenvalue weighted by Gasteiger charge is 2.22. The molecule has 0 heterocycles. The minimum absolute atomic E-state index is 0.0713. The Morgan fingerprint density at radius 2 is 1.70 bits per heavy atom. The Morgan fingerprint density at radius 1 is 1.05 bits per heavy atom. The molecule has 0 amide bonds. The molecule has 0 aliphatic rings. The van der Waals surface area contributed by atoms with Crippen LogP contribution in [0.3, 0.4) is 0 Å². The van der Waals surface area contributed by atoms with Gasteiger partial charge in [0.25, 0.3) is 0 Å². The Labute approximate surface area is 118 Å². The van der Waals surface area contributed by atoms with Gasteiger partial charge in [-0.1, -0.05) is 0 Å². The van der Waals surface area contributed by atoms with Crippen molar-refractivity contribution in [2.45, 2.75) is 38.9 Å². The molecule has 7 heteroatoms. The van der Waals surface area contributed by atoms with Crippen LogP contribution in [0.1, 0.15) is 26.7 Å². The molecule has 20 heavy (non-hydrogen) atoms. The molecule has 114 valence electrons. The van der Waals surface area contributed by atoms with Crippen LogP contribution in [-0.2, 0) is 33.3 Å². The number of Topliss-reactive ketones (excluding diaryl/α,β-unsaturated/α-hetero) is 1. The lowest BCUT2D eigenvalue weighted by molar-refractivity contribution is -0.162. The summed E-state index contributed by atoms with van der Waals surface area (Å²) in [6.07, 6.45) is -2.07. The van der Waals surface area contributed by atoms with Crippen molar-refractivity contribution in [3.05, 3.63) is 7.11 Å². The maximum atomic E-state index is 11.6. The van der Waals surface area contributed by atoms with E-state index in [0.717, 1.165) is 0 Å². The van der Waals surface area contributed by atoms with E-state index < -0.39 is 24.1 Å². The van der Waals surface area contributed by atoms with Crippen molar-refractivity contribution in [2.75, 3.05) is 20.3 Å². The molecule has 0 aliphatic carbocycles.